The van der Waals surface area contributed by atoms with Gasteiger partial charge in [-0.15, -0.1) is 0 Å². The predicted molar refractivity (Wildman–Crippen MR) is 102 cm³/mol. The molecule has 2 aromatic rings. The molecule has 0 aliphatic carbocycles. The van der Waals surface area contributed by atoms with Crippen molar-refractivity contribution in [3.8, 4) is 11.3 Å². The van der Waals surface area contributed by atoms with Crippen LogP contribution >= 0.6 is 0 Å². The molecule has 1 aromatic heterocycles. The highest BCUT2D eigenvalue weighted by atomic mass is 16.5. The molecule has 4 heterocycles. The van der Waals surface area contributed by atoms with Gasteiger partial charge in [0.25, 0.3) is 5.91 Å². The van der Waals surface area contributed by atoms with E-state index in [1.807, 2.05) is 36.1 Å². The first kappa shape index (κ1) is 17.8. The second-order valence-corrected chi connectivity index (χ2v) is 8.06. The summed E-state index contributed by atoms with van der Waals surface area (Å²) in [6.45, 7) is 7.50. The first-order chi connectivity index (χ1) is 13.6. The highest BCUT2D eigenvalue weighted by Crippen LogP contribution is 2.38. The molecule has 3 saturated heterocycles. The van der Waals surface area contributed by atoms with E-state index in [2.05, 4.69) is 9.88 Å². The van der Waals surface area contributed by atoms with Crippen molar-refractivity contribution in [2.24, 2.45) is 0 Å². The molecule has 0 radical (unpaired) electrons. The summed E-state index contributed by atoms with van der Waals surface area (Å²) in [6, 6.07) is 8.34. The molecule has 7 heteroatoms. The lowest BCUT2D eigenvalue weighted by Crippen LogP contribution is -2.63. The molecular weight excluding hydrogens is 358 g/mol. The summed E-state index contributed by atoms with van der Waals surface area (Å²) < 4.78 is 17.1. The summed E-state index contributed by atoms with van der Waals surface area (Å²) in [5, 5.41) is 0. The van der Waals surface area contributed by atoms with Crippen LogP contribution in [-0.4, -0.2) is 78.3 Å². The lowest BCUT2D eigenvalue weighted by molar-refractivity contribution is -0.0952. The molecule has 1 spiro atoms. The van der Waals surface area contributed by atoms with E-state index >= 15 is 0 Å². The molecule has 0 bridgehead atoms. The zero-order valence-corrected chi connectivity index (χ0v) is 16.1. The standard InChI is InChI=1S/C21H25N3O4/c1-15-3-2-4-16(9-15)19-18(22-14-27-19)20(25)24-12-21(13-24)10-17(11-28-21)23-5-7-26-8-6-23/h2-4,9,14,17H,5-8,10-13H2,1H3. The maximum absolute atomic E-state index is 13.0. The smallest absolute Gasteiger partial charge is 0.276 e. The van der Waals surface area contributed by atoms with Crippen LogP contribution in [0.5, 0.6) is 0 Å². The quantitative estimate of drug-likeness (QED) is 0.807. The lowest BCUT2D eigenvalue weighted by atomic mass is 9.88. The minimum atomic E-state index is -0.203. The van der Waals surface area contributed by atoms with Gasteiger partial charge in [-0.1, -0.05) is 23.8 Å². The van der Waals surface area contributed by atoms with Gasteiger partial charge in [-0.3, -0.25) is 9.69 Å². The van der Waals surface area contributed by atoms with E-state index in [0.717, 1.165) is 50.5 Å². The van der Waals surface area contributed by atoms with Crippen LogP contribution in [0, 0.1) is 6.92 Å². The number of likely N-dealkylation sites (tertiary alicyclic amines) is 1. The molecule has 5 rings (SSSR count). The van der Waals surface area contributed by atoms with Gasteiger partial charge >= 0.3 is 0 Å². The van der Waals surface area contributed by atoms with E-state index in [4.69, 9.17) is 13.9 Å². The third-order valence-electron chi connectivity index (χ3n) is 6.05. The summed E-state index contributed by atoms with van der Waals surface area (Å²) in [6.07, 6.45) is 2.32. The van der Waals surface area contributed by atoms with Gasteiger partial charge in [0.05, 0.1) is 32.9 Å². The van der Waals surface area contributed by atoms with Crippen molar-refractivity contribution in [2.75, 3.05) is 46.0 Å². The summed E-state index contributed by atoms with van der Waals surface area (Å²) in [4.78, 5) is 21.5. The Bertz CT molecular complexity index is 868. The van der Waals surface area contributed by atoms with Gasteiger partial charge in [0.15, 0.2) is 17.8 Å². The average Bonchev–Trinajstić information content (AvgIpc) is 3.35. The molecule has 1 amide bonds. The molecule has 1 aromatic carbocycles. The van der Waals surface area contributed by atoms with Crippen molar-refractivity contribution in [3.63, 3.8) is 0 Å². The monoisotopic (exact) mass is 383 g/mol. The fourth-order valence-electron chi connectivity index (χ4n) is 4.55. The Balaban J connectivity index is 1.25. The number of rotatable bonds is 3. The Morgan fingerprint density at radius 1 is 1.25 bits per heavy atom. The van der Waals surface area contributed by atoms with E-state index in [1.165, 1.54) is 6.39 Å². The van der Waals surface area contributed by atoms with Gasteiger partial charge in [0.2, 0.25) is 0 Å². The van der Waals surface area contributed by atoms with Crippen molar-refractivity contribution >= 4 is 5.91 Å². The van der Waals surface area contributed by atoms with Crippen LogP contribution in [-0.2, 0) is 9.47 Å². The van der Waals surface area contributed by atoms with Gasteiger partial charge in [0.1, 0.15) is 5.60 Å². The number of carbonyl (C=O) groups excluding carboxylic acids is 1. The molecule has 3 aliphatic heterocycles. The minimum Gasteiger partial charge on any atom is -0.443 e. The van der Waals surface area contributed by atoms with E-state index in [0.29, 0.717) is 30.6 Å². The van der Waals surface area contributed by atoms with Crippen molar-refractivity contribution in [2.45, 2.75) is 25.0 Å². The van der Waals surface area contributed by atoms with Gasteiger partial charge in [-0.25, -0.2) is 4.98 Å². The van der Waals surface area contributed by atoms with E-state index in [9.17, 15) is 4.79 Å². The van der Waals surface area contributed by atoms with Crippen LogP contribution < -0.4 is 0 Å². The fraction of sp³-hybridized carbons (Fsp3) is 0.524. The summed E-state index contributed by atoms with van der Waals surface area (Å²) in [5.41, 5.74) is 2.17. The number of aryl methyl sites for hydroxylation is 1. The molecule has 3 aliphatic rings. The zero-order chi connectivity index (χ0) is 19.1. The summed E-state index contributed by atoms with van der Waals surface area (Å²) in [5.74, 6) is 0.447. The van der Waals surface area contributed by atoms with E-state index < -0.39 is 0 Å². The van der Waals surface area contributed by atoms with Crippen LogP contribution in [0.3, 0.4) is 0 Å². The first-order valence-electron chi connectivity index (χ1n) is 9.89. The molecule has 0 N–H and O–H groups in total. The van der Waals surface area contributed by atoms with Crippen molar-refractivity contribution in [3.05, 3.63) is 41.9 Å². The van der Waals surface area contributed by atoms with E-state index in [1.54, 1.807) is 0 Å². The predicted octanol–water partition coefficient (Wildman–Crippen LogP) is 1.97. The Kier molecular flexibility index (Phi) is 4.45. The molecule has 3 fully saturated rings. The van der Waals surface area contributed by atoms with Crippen LogP contribution in [0.2, 0.25) is 0 Å². The summed E-state index contributed by atoms with van der Waals surface area (Å²) in [7, 11) is 0. The molecule has 148 valence electrons. The number of morpholine rings is 1. The number of carbonyl (C=O) groups is 1. The number of nitrogens with zero attached hydrogens (tertiary/aromatic N) is 3. The number of hydrogen-bond acceptors (Lipinski definition) is 6. The van der Waals surface area contributed by atoms with Crippen molar-refractivity contribution in [1.82, 2.24) is 14.8 Å². The zero-order valence-electron chi connectivity index (χ0n) is 16.1. The Labute approximate surface area is 164 Å². The van der Waals surface area contributed by atoms with Crippen LogP contribution in [0.1, 0.15) is 22.5 Å². The Morgan fingerprint density at radius 2 is 2.07 bits per heavy atom. The third kappa shape index (κ3) is 3.13. The highest BCUT2D eigenvalue weighted by Gasteiger charge is 2.52. The highest BCUT2D eigenvalue weighted by molar-refractivity contribution is 5.98. The molecule has 7 nitrogen and oxygen atoms in total. The molecule has 1 unspecified atom stereocenters. The maximum Gasteiger partial charge on any atom is 0.276 e. The van der Waals surface area contributed by atoms with Gasteiger partial charge < -0.3 is 18.8 Å². The number of oxazole rings is 1. The average molecular weight is 383 g/mol. The van der Waals surface area contributed by atoms with Crippen LogP contribution in [0.25, 0.3) is 11.3 Å². The second kappa shape index (κ2) is 6.99. The maximum atomic E-state index is 13.0. The van der Waals surface area contributed by atoms with Gasteiger partial charge in [-0.05, 0) is 19.4 Å². The van der Waals surface area contributed by atoms with Crippen molar-refractivity contribution < 1.29 is 18.7 Å². The largest absolute Gasteiger partial charge is 0.443 e. The molecule has 0 saturated carbocycles. The second-order valence-electron chi connectivity index (χ2n) is 8.06. The van der Waals surface area contributed by atoms with E-state index in [-0.39, 0.29) is 11.5 Å². The van der Waals surface area contributed by atoms with Gasteiger partial charge in [-0.2, -0.15) is 0 Å². The number of benzene rings is 1. The normalized spacial score (nSPS) is 24.5. The van der Waals surface area contributed by atoms with Crippen LogP contribution in [0.15, 0.2) is 35.1 Å². The Morgan fingerprint density at radius 3 is 2.86 bits per heavy atom. The lowest BCUT2D eigenvalue weighted by Gasteiger charge is -2.47. The topological polar surface area (TPSA) is 68.0 Å². The number of hydrogen-bond donors (Lipinski definition) is 0. The number of ether oxygens (including phenoxy) is 2. The SMILES string of the molecule is Cc1cccc(-c2ocnc2C(=O)N2CC3(CC(N4CCOCC4)CO3)C2)c1. The number of aromatic nitrogens is 1. The fourth-order valence-corrected chi connectivity index (χ4v) is 4.55. The minimum absolute atomic E-state index is 0.0886. The molecular formula is C21H25N3O4. The third-order valence-corrected chi connectivity index (χ3v) is 6.05. The Hall–Kier alpha value is -2.22. The summed E-state index contributed by atoms with van der Waals surface area (Å²) >= 11 is 0. The molecule has 28 heavy (non-hydrogen) atoms. The van der Waals surface area contributed by atoms with Crippen LogP contribution in [0.4, 0.5) is 0 Å². The molecule has 1 atom stereocenters. The van der Waals surface area contributed by atoms with Gasteiger partial charge in [0, 0.05) is 24.7 Å². The first-order valence-corrected chi connectivity index (χ1v) is 9.89. The van der Waals surface area contributed by atoms with Crippen molar-refractivity contribution in [1.29, 1.82) is 0 Å². The number of amides is 1.